The maximum atomic E-state index is 11.5. The number of nitrogens with zero attached hydrogens (tertiary/aromatic N) is 2. The number of halogens is 1. The molecule has 1 aromatic rings. The van der Waals surface area contributed by atoms with Crippen LogP contribution in [-0.4, -0.2) is 48.2 Å². The van der Waals surface area contributed by atoms with Crippen LogP contribution in [0.5, 0.6) is 0 Å². The predicted molar refractivity (Wildman–Crippen MR) is 82.5 cm³/mol. The average molecular weight is 339 g/mol. The molecule has 2 aliphatic rings. The van der Waals surface area contributed by atoms with Gasteiger partial charge < -0.3 is 10.0 Å². The summed E-state index contributed by atoms with van der Waals surface area (Å²) in [5.74, 6) is -0.864. The number of anilines is 1. The number of carbonyl (C=O) groups is 1. The van der Waals surface area contributed by atoms with Crippen molar-refractivity contribution in [3.8, 4) is 0 Å². The van der Waals surface area contributed by atoms with Crippen molar-refractivity contribution in [1.82, 2.24) is 4.90 Å². The van der Waals surface area contributed by atoms with Crippen LogP contribution in [0, 0.1) is 0 Å². The van der Waals surface area contributed by atoms with E-state index < -0.39 is 5.97 Å². The summed E-state index contributed by atoms with van der Waals surface area (Å²) in [6.45, 7) is 4.28. The van der Waals surface area contributed by atoms with Crippen molar-refractivity contribution < 1.29 is 9.90 Å². The van der Waals surface area contributed by atoms with E-state index in [0.29, 0.717) is 16.1 Å². The normalized spacial score (nSPS) is 23.4. The van der Waals surface area contributed by atoms with Crippen LogP contribution in [0.3, 0.4) is 0 Å². The highest BCUT2D eigenvalue weighted by atomic mass is 79.9. The van der Waals surface area contributed by atoms with E-state index in [-0.39, 0.29) is 0 Å². The maximum absolute atomic E-state index is 11.5. The zero-order chi connectivity index (χ0) is 14.1. The molecule has 1 unspecified atom stereocenters. The highest BCUT2D eigenvalue weighted by Crippen LogP contribution is 2.31. The van der Waals surface area contributed by atoms with Crippen molar-refractivity contribution in [3.05, 3.63) is 28.2 Å². The minimum atomic E-state index is -0.864. The van der Waals surface area contributed by atoms with Crippen molar-refractivity contribution in [2.45, 2.75) is 25.3 Å². The van der Waals surface area contributed by atoms with Crippen LogP contribution in [0.2, 0.25) is 0 Å². The molecule has 1 atom stereocenters. The maximum Gasteiger partial charge on any atom is 0.338 e. The van der Waals surface area contributed by atoms with E-state index >= 15 is 0 Å². The van der Waals surface area contributed by atoms with E-state index in [1.54, 1.807) is 6.07 Å². The first kappa shape index (κ1) is 13.9. The fourth-order valence-electron chi connectivity index (χ4n) is 3.35. The van der Waals surface area contributed by atoms with Crippen molar-refractivity contribution in [3.63, 3.8) is 0 Å². The second-order valence-electron chi connectivity index (χ2n) is 5.57. The van der Waals surface area contributed by atoms with E-state index in [2.05, 4.69) is 25.7 Å². The predicted octanol–water partition coefficient (Wildman–Crippen LogP) is 2.82. The first-order valence-electron chi connectivity index (χ1n) is 7.17. The lowest BCUT2D eigenvalue weighted by Crippen LogP contribution is -2.35. The lowest BCUT2D eigenvalue weighted by atomic mass is 10.1. The van der Waals surface area contributed by atoms with Crippen molar-refractivity contribution in [2.24, 2.45) is 0 Å². The molecule has 5 heteroatoms. The van der Waals surface area contributed by atoms with Crippen LogP contribution in [0.15, 0.2) is 22.7 Å². The Bertz CT molecular complexity index is 515. The number of rotatable bonds is 3. The highest BCUT2D eigenvalue weighted by molar-refractivity contribution is 9.10. The monoisotopic (exact) mass is 338 g/mol. The number of carboxylic acids is 1. The lowest BCUT2D eigenvalue weighted by Gasteiger charge is -2.25. The number of hydrogen-bond donors (Lipinski definition) is 1. The fraction of sp³-hybridized carbons (Fsp3) is 0.533. The molecule has 3 rings (SSSR count). The molecule has 0 radical (unpaired) electrons. The van der Waals surface area contributed by atoms with E-state index in [4.69, 9.17) is 0 Å². The molecule has 2 fully saturated rings. The zero-order valence-electron chi connectivity index (χ0n) is 11.4. The SMILES string of the molecule is O=C(O)c1c(Br)cccc1N1CCC(N2CCCC2)C1. The molecular weight excluding hydrogens is 320 g/mol. The van der Waals surface area contributed by atoms with E-state index in [1.165, 1.54) is 25.9 Å². The van der Waals surface area contributed by atoms with Gasteiger partial charge in [0.2, 0.25) is 0 Å². The number of benzene rings is 1. The first-order valence-corrected chi connectivity index (χ1v) is 7.97. The Balaban J connectivity index is 1.80. The van der Waals surface area contributed by atoms with Gasteiger partial charge in [0.25, 0.3) is 0 Å². The molecule has 0 amide bonds. The number of hydrogen-bond acceptors (Lipinski definition) is 3. The smallest absolute Gasteiger partial charge is 0.338 e. The van der Waals surface area contributed by atoms with Gasteiger partial charge in [0.1, 0.15) is 0 Å². The second-order valence-corrected chi connectivity index (χ2v) is 6.43. The van der Waals surface area contributed by atoms with Gasteiger partial charge in [-0.1, -0.05) is 6.07 Å². The van der Waals surface area contributed by atoms with Crippen LogP contribution in [0.1, 0.15) is 29.6 Å². The van der Waals surface area contributed by atoms with Crippen LogP contribution >= 0.6 is 15.9 Å². The molecule has 1 N–H and O–H groups in total. The summed E-state index contributed by atoms with van der Waals surface area (Å²) in [5, 5.41) is 9.42. The van der Waals surface area contributed by atoms with Crippen LogP contribution in [0.25, 0.3) is 0 Å². The number of carboxylic acid groups (broad SMARTS) is 1. The quantitative estimate of drug-likeness (QED) is 0.920. The highest BCUT2D eigenvalue weighted by Gasteiger charge is 2.31. The molecule has 2 saturated heterocycles. The summed E-state index contributed by atoms with van der Waals surface area (Å²) >= 11 is 3.36. The topological polar surface area (TPSA) is 43.8 Å². The summed E-state index contributed by atoms with van der Waals surface area (Å²) in [7, 11) is 0. The van der Waals surface area contributed by atoms with Gasteiger partial charge >= 0.3 is 5.97 Å². The molecule has 4 nitrogen and oxygen atoms in total. The molecule has 0 aliphatic carbocycles. The zero-order valence-corrected chi connectivity index (χ0v) is 13.0. The van der Waals surface area contributed by atoms with E-state index in [9.17, 15) is 9.90 Å². The van der Waals surface area contributed by atoms with Gasteiger partial charge in [-0.3, -0.25) is 4.90 Å². The van der Waals surface area contributed by atoms with Crippen molar-refractivity contribution in [2.75, 3.05) is 31.1 Å². The Hall–Kier alpha value is -1.07. The van der Waals surface area contributed by atoms with Crippen LogP contribution < -0.4 is 4.90 Å². The lowest BCUT2D eigenvalue weighted by molar-refractivity contribution is 0.0696. The Morgan fingerprint density at radius 1 is 1.25 bits per heavy atom. The summed E-state index contributed by atoms with van der Waals surface area (Å²) in [5.41, 5.74) is 1.23. The summed E-state index contributed by atoms with van der Waals surface area (Å²) < 4.78 is 0.659. The summed E-state index contributed by atoms with van der Waals surface area (Å²) in [6.07, 6.45) is 3.73. The Kier molecular flexibility index (Phi) is 3.98. The molecule has 0 aromatic heterocycles. The summed E-state index contributed by atoms with van der Waals surface area (Å²) in [6, 6.07) is 6.20. The largest absolute Gasteiger partial charge is 0.478 e. The summed E-state index contributed by atoms with van der Waals surface area (Å²) in [4.78, 5) is 16.2. The van der Waals surface area contributed by atoms with Crippen molar-refractivity contribution in [1.29, 1.82) is 0 Å². The van der Waals surface area contributed by atoms with E-state index in [1.807, 2.05) is 12.1 Å². The number of likely N-dealkylation sites (tertiary alicyclic amines) is 1. The number of aromatic carboxylic acids is 1. The van der Waals surface area contributed by atoms with Gasteiger partial charge in [0, 0.05) is 23.6 Å². The van der Waals surface area contributed by atoms with Gasteiger partial charge in [-0.2, -0.15) is 0 Å². The van der Waals surface area contributed by atoms with Crippen LogP contribution in [-0.2, 0) is 0 Å². The third-order valence-electron chi connectivity index (χ3n) is 4.37. The van der Waals surface area contributed by atoms with E-state index in [0.717, 1.165) is 25.2 Å². The minimum absolute atomic E-state index is 0.384. The van der Waals surface area contributed by atoms with Gasteiger partial charge in [-0.15, -0.1) is 0 Å². The molecule has 20 heavy (non-hydrogen) atoms. The van der Waals surface area contributed by atoms with Gasteiger partial charge in [-0.05, 0) is 60.4 Å². The standard InChI is InChI=1S/C15H19BrN2O2/c16-12-4-3-5-13(14(12)15(19)20)18-9-6-11(10-18)17-7-1-2-8-17/h3-5,11H,1-2,6-10H2,(H,19,20). The molecule has 2 aliphatic heterocycles. The molecule has 0 spiro atoms. The first-order chi connectivity index (χ1) is 9.66. The Morgan fingerprint density at radius 3 is 2.70 bits per heavy atom. The van der Waals surface area contributed by atoms with Gasteiger partial charge in [0.05, 0.1) is 11.3 Å². The van der Waals surface area contributed by atoms with Crippen molar-refractivity contribution >= 4 is 27.6 Å². The Labute approximate surface area is 127 Å². The molecule has 0 saturated carbocycles. The molecule has 1 aromatic carbocycles. The molecular formula is C15H19BrN2O2. The molecule has 108 valence electrons. The third-order valence-corrected chi connectivity index (χ3v) is 5.03. The second kappa shape index (κ2) is 5.74. The molecule has 2 heterocycles. The van der Waals surface area contributed by atoms with Gasteiger partial charge in [-0.25, -0.2) is 4.79 Å². The van der Waals surface area contributed by atoms with Gasteiger partial charge in [0.15, 0.2) is 0 Å². The van der Waals surface area contributed by atoms with Crippen LogP contribution in [0.4, 0.5) is 5.69 Å². The Morgan fingerprint density at radius 2 is 2.00 bits per heavy atom. The molecule has 0 bridgehead atoms. The average Bonchev–Trinajstić information content (AvgIpc) is 3.09. The third kappa shape index (κ3) is 2.56. The minimum Gasteiger partial charge on any atom is -0.478 e. The fourth-order valence-corrected chi connectivity index (χ4v) is 3.88.